The number of aryl methyl sites for hydroxylation is 1. The third-order valence-corrected chi connectivity index (χ3v) is 5.91. The van der Waals surface area contributed by atoms with Crippen molar-refractivity contribution in [1.82, 2.24) is 14.7 Å². The van der Waals surface area contributed by atoms with Crippen LogP contribution in [0.5, 0.6) is 0 Å². The van der Waals surface area contributed by atoms with Gasteiger partial charge in [0.15, 0.2) is 5.78 Å². The number of anilines is 1. The molecule has 28 heavy (non-hydrogen) atoms. The van der Waals surface area contributed by atoms with Gasteiger partial charge in [0.1, 0.15) is 6.07 Å². The van der Waals surface area contributed by atoms with Crippen LogP contribution >= 0.6 is 0 Å². The van der Waals surface area contributed by atoms with Crippen LogP contribution < -0.4 is 4.90 Å². The normalized spacial score (nSPS) is 19.4. The number of rotatable bonds is 2. The van der Waals surface area contributed by atoms with E-state index in [0.717, 1.165) is 60.9 Å². The lowest BCUT2D eigenvalue weighted by Gasteiger charge is -2.34. The first-order valence-corrected chi connectivity index (χ1v) is 9.89. The summed E-state index contributed by atoms with van der Waals surface area (Å²) in [5, 5.41) is 14.3. The molecule has 0 bridgehead atoms. The minimum Gasteiger partial charge on any atom is -0.368 e. The molecule has 1 saturated heterocycles. The molecule has 146 valence electrons. The van der Waals surface area contributed by atoms with Gasteiger partial charge in [-0.05, 0) is 44.0 Å². The average molecular weight is 377 g/mol. The summed E-state index contributed by atoms with van der Waals surface area (Å²) in [5.41, 5.74) is 5.06. The Morgan fingerprint density at radius 1 is 1.14 bits per heavy atom. The van der Waals surface area contributed by atoms with E-state index in [-0.39, 0.29) is 11.2 Å². The van der Waals surface area contributed by atoms with E-state index < -0.39 is 0 Å². The molecule has 1 aromatic carbocycles. The highest BCUT2D eigenvalue weighted by atomic mass is 16.1. The van der Waals surface area contributed by atoms with Gasteiger partial charge in [0.2, 0.25) is 0 Å². The van der Waals surface area contributed by atoms with Gasteiger partial charge in [0.25, 0.3) is 0 Å². The molecule has 4 rings (SSSR count). The number of benzene rings is 1. The lowest BCUT2D eigenvalue weighted by molar-refractivity contribution is 0.0910. The second kappa shape index (κ2) is 6.75. The molecule has 1 aliphatic heterocycles. The van der Waals surface area contributed by atoms with Crippen molar-refractivity contribution in [3.63, 3.8) is 0 Å². The molecule has 2 aromatic rings. The van der Waals surface area contributed by atoms with E-state index in [1.165, 1.54) is 0 Å². The Balaban J connectivity index is 1.79. The summed E-state index contributed by atoms with van der Waals surface area (Å²) in [6, 6.07) is 8.21. The van der Waals surface area contributed by atoms with Crippen molar-refractivity contribution >= 4 is 11.5 Å². The first kappa shape index (κ1) is 18.7. The molecular weight excluding hydrogens is 350 g/mol. The molecule has 0 unspecified atom stereocenters. The van der Waals surface area contributed by atoms with Crippen molar-refractivity contribution < 1.29 is 4.79 Å². The van der Waals surface area contributed by atoms with Crippen LogP contribution in [0.1, 0.15) is 47.6 Å². The maximum absolute atomic E-state index is 12.7. The molecule has 0 spiro atoms. The van der Waals surface area contributed by atoms with Crippen LogP contribution in [0.4, 0.5) is 5.69 Å². The first-order chi connectivity index (χ1) is 13.3. The summed E-state index contributed by atoms with van der Waals surface area (Å²) in [6.45, 7) is 9.94. The van der Waals surface area contributed by atoms with Gasteiger partial charge in [0.05, 0.1) is 33.9 Å². The number of aromatic nitrogens is 2. The van der Waals surface area contributed by atoms with Gasteiger partial charge >= 0.3 is 0 Å². The fourth-order valence-electron chi connectivity index (χ4n) is 4.41. The number of ketones is 1. The molecule has 1 aliphatic carbocycles. The number of nitrogens with zero attached hydrogens (tertiary/aromatic N) is 5. The van der Waals surface area contributed by atoms with Crippen molar-refractivity contribution in [1.29, 1.82) is 5.26 Å². The van der Waals surface area contributed by atoms with Crippen molar-refractivity contribution in [3.8, 4) is 11.8 Å². The zero-order valence-electron chi connectivity index (χ0n) is 17.1. The molecule has 2 heterocycles. The van der Waals surface area contributed by atoms with E-state index in [1.54, 1.807) is 0 Å². The number of carbonyl (C=O) groups is 1. The zero-order valence-corrected chi connectivity index (χ0v) is 17.1. The van der Waals surface area contributed by atoms with Crippen molar-refractivity contribution in [3.05, 3.63) is 40.7 Å². The van der Waals surface area contributed by atoms with Crippen LogP contribution in [0.25, 0.3) is 5.69 Å². The molecular formula is C22H27N5O. The summed E-state index contributed by atoms with van der Waals surface area (Å²) >= 11 is 0. The minimum absolute atomic E-state index is 0.0683. The van der Waals surface area contributed by atoms with Gasteiger partial charge < -0.3 is 9.80 Å². The standard InChI is InChI=1S/C22H27N5O/c1-15-21-19(12-22(2,3)13-20(21)28)27(24-15)17-6-5-16(14-23)18(11-17)26-9-7-25(4)8-10-26/h5-6,11H,7-10,12-13H2,1-4H3. The number of fused-ring (bicyclic) bond motifs is 1. The Morgan fingerprint density at radius 2 is 1.86 bits per heavy atom. The highest BCUT2D eigenvalue weighted by Crippen LogP contribution is 2.37. The molecule has 0 atom stereocenters. The number of likely N-dealkylation sites (N-methyl/N-ethyl adjacent to an activating group) is 1. The fourth-order valence-corrected chi connectivity index (χ4v) is 4.41. The number of nitriles is 1. The molecule has 0 amide bonds. The van der Waals surface area contributed by atoms with Crippen LogP contribution in [-0.4, -0.2) is 53.7 Å². The summed E-state index contributed by atoms with van der Waals surface area (Å²) in [5.74, 6) is 0.183. The Hall–Kier alpha value is -2.65. The van der Waals surface area contributed by atoms with Crippen LogP contribution in [0.2, 0.25) is 0 Å². The number of piperazine rings is 1. The van der Waals surface area contributed by atoms with Crippen LogP contribution in [0, 0.1) is 23.7 Å². The summed E-state index contributed by atoms with van der Waals surface area (Å²) < 4.78 is 1.92. The quantitative estimate of drug-likeness (QED) is 0.805. The van der Waals surface area contributed by atoms with Crippen LogP contribution in [-0.2, 0) is 6.42 Å². The molecule has 2 aliphatic rings. The molecule has 0 N–H and O–H groups in total. The summed E-state index contributed by atoms with van der Waals surface area (Å²) in [6.07, 6.45) is 1.38. The molecule has 6 nitrogen and oxygen atoms in total. The Bertz CT molecular complexity index is 974. The molecule has 0 radical (unpaired) electrons. The Kier molecular flexibility index (Phi) is 4.51. The molecule has 1 aromatic heterocycles. The lowest BCUT2D eigenvalue weighted by atomic mass is 9.75. The van der Waals surface area contributed by atoms with Crippen molar-refractivity contribution in [2.75, 3.05) is 38.1 Å². The van der Waals surface area contributed by atoms with E-state index in [9.17, 15) is 10.1 Å². The maximum atomic E-state index is 12.7. The number of hydrogen-bond donors (Lipinski definition) is 0. The van der Waals surface area contributed by atoms with Crippen molar-refractivity contribution in [2.45, 2.75) is 33.6 Å². The third kappa shape index (κ3) is 3.20. The van der Waals surface area contributed by atoms with E-state index in [4.69, 9.17) is 5.10 Å². The predicted molar refractivity (Wildman–Crippen MR) is 109 cm³/mol. The largest absolute Gasteiger partial charge is 0.368 e. The van der Waals surface area contributed by atoms with Crippen molar-refractivity contribution in [2.24, 2.45) is 5.41 Å². The maximum Gasteiger partial charge on any atom is 0.167 e. The number of carbonyl (C=O) groups excluding carboxylic acids is 1. The fraction of sp³-hybridized carbons (Fsp3) is 0.500. The zero-order chi connectivity index (χ0) is 20.1. The molecule has 0 saturated carbocycles. The molecule has 6 heteroatoms. The van der Waals surface area contributed by atoms with E-state index in [0.29, 0.717) is 12.0 Å². The minimum atomic E-state index is -0.0683. The Labute approximate surface area is 166 Å². The average Bonchev–Trinajstić information content (AvgIpc) is 2.97. The van der Waals surface area contributed by atoms with E-state index in [2.05, 4.69) is 42.8 Å². The highest BCUT2D eigenvalue weighted by molar-refractivity contribution is 5.99. The topological polar surface area (TPSA) is 65.2 Å². The van der Waals surface area contributed by atoms with E-state index >= 15 is 0 Å². The number of Topliss-reactive ketones (excluding diaryl/α,β-unsaturated/α-hetero) is 1. The second-order valence-electron chi connectivity index (χ2n) is 8.86. The Morgan fingerprint density at radius 3 is 2.54 bits per heavy atom. The van der Waals surface area contributed by atoms with Gasteiger partial charge in [-0.15, -0.1) is 0 Å². The molecule has 1 fully saturated rings. The summed E-state index contributed by atoms with van der Waals surface area (Å²) in [7, 11) is 2.12. The van der Waals surface area contributed by atoms with Crippen LogP contribution in [0.15, 0.2) is 18.2 Å². The van der Waals surface area contributed by atoms with Gasteiger partial charge in [-0.2, -0.15) is 10.4 Å². The summed E-state index contributed by atoms with van der Waals surface area (Å²) in [4.78, 5) is 17.3. The third-order valence-electron chi connectivity index (χ3n) is 5.91. The van der Waals surface area contributed by atoms with E-state index in [1.807, 2.05) is 23.7 Å². The van der Waals surface area contributed by atoms with Gasteiger partial charge in [-0.1, -0.05) is 13.8 Å². The SMILES string of the molecule is Cc1nn(-c2ccc(C#N)c(N3CCN(C)CC3)c2)c2c1C(=O)CC(C)(C)C2. The number of hydrogen-bond acceptors (Lipinski definition) is 5. The monoisotopic (exact) mass is 377 g/mol. The smallest absolute Gasteiger partial charge is 0.167 e. The van der Waals surface area contributed by atoms with Gasteiger partial charge in [-0.25, -0.2) is 4.68 Å². The lowest BCUT2D eigenvalue weighted by Crippen LogP contribution is -2.44. The van der Waals surface area contributed by atoms with Crippen LogP contribution in [0.3, 0.4) is 0 Å². The van der Waals surface area contributed by atoms with Gasteiger partial charge in [-0.3, -0.25) is 4.79 Å². The highest BCUT2D eigenvalue weighted by Gasteiger charge is 2.35. The predicted octanol–water partition coefficient (Wildman–Crippen LogP) is 2.96. The van der Waals surface area contributed by atoms with Gasteiger partial charge in [0, 0.05) is 32.6 Å². The second-order valence-corrected chi connectivity index (χ2v) is 8.86. The first-order valence-electron chi connectivity index (χ1n) is 9.89.